The van der Waals surface area contributed by atoms with E-state index in [-0.39, 0.29) is 24.5 Å². The Morgan fingerprint density at radius 1 is 1.07 bits per heavy atom. The highest BCUT2D eigenvalue weighted by Gasteiger charge is 2.46. The number of Topliss-reactive ketones (excluding diaryl/α,β-unsaturated/α-hetero) is 1. The van der Waals surface area contributed by atoms with E-state index in [0.29, 0.717) is 24.3 Å². The normalized spacial score (nSPS) is 18.9. The summed E-state index contributed by atoms with van der Waals surface area (Å²) in [5.41, 5.74) is 1.01. The van der Waals surface area contributed by atoms with Gasteiger partial charge in [0.25, 0.3) is 11.7 Å². The van der Waals surface area contributed by atoms with Crippen LogP contribution in [0.15, 0.2) is 60.3 Å². The maximum atomic E-state index is 12.7. The number of aliphatic hydroxyl groups excluding tert-OH is 2. The Kier molecular flexibility index (Phi) is 5.95. The third-order valence-corrected chi connectivity index (χ3v) is 4.37. The van der Waals surface area contributed by atoms with E-state index >= 15 is 0 Å². The van der Waals surface area contributed by atoms with E-state index in [1.165, 1.54) is 4.90 Å². The van der Waals surface area contributed by atoms with E-state index < -0.39 is 17.7 Å². The number of rotatable bonds is 7. The van der Waals surface area contributed by atoms with E-state index in [1.54, 1.807) is 54.7 Å². The molecule has 0 radical (unpaired) electrons. The van der Waals surface area contributed by atoms with Crippen molar-refractivity contribution in [2.24, 2.45) is 0 Å². The van der Waals surface area contributed by atoms with Crippen molar-refractivity contribution in [3.8, 4) is 0 Å². The molecule has 1 atom stereocenters. The van der Waals surface area contributed by atoms with Crippen molar-refractivity contribution >= 4 is 17.4 Å². The zero-order valence-electron chi connectivity index (χ0n) is 14.7. The lowest BCUT2D eigenvalue weighted by Gasteiger charge is -2.24. The summed E-state index contributed by atoms with van der Waals surface area (Å²) in [7, 11) is 0. The van der Waals surface area contributed by atoms with E-state index in [4.69, 9.17) is 5.11 Å². The van der Waals surface area contributed by atoms with Gasteiger partial charge in [0.05, 0.1) is 17.9 Å². The lowest BCUT2D eigenvalue weighted by atomic mass is 9.98. The lowest BCUT2D eigenvalue weighted by Crippen LogP contribution is -2.36. The van der Waals surface area contributed by atoms with Crippen LogP contribution in [0.3, 0.4) is 0 Å². The zero-order chi connectivity index (χ0) is 19.2. The Hall–Kier alpha value is -3.03. The van der Waals surface area contributed by atoms with Crippen molar-refractivity contribution in [3.63, 3.8) is 0 Å². The quantitative estimate of drug-likeness (QED) is 0.293. The van der Waals surface area contributed by atoms with Crippen LogP contribution in [0.4, 0.5) is 0 Å². The number of ketones is 1. The first kappa shape index (κ1) is 18.8. The van der Waals surface area contributed by atoms with E-state index in [1.807, 2.05) is 0 Å². The predicted molar refractivity (Wildman–Crippen MR) is 99.6 cm³/mol. The third-order valence-electron chi connectivity index (χ3n) is 4.37. The van der Waals surface area contributed by atoms with Gasteiger partial charge in [-0.25, -0.2) is 0 Å². The average molecular weight is 367 g/mol. The molecule has 7 heteroatoms. The summed E-state index contributed by atoms with van der Waals surface area (Å²) < 4.78 is 0. The molecule has 1 fully saturated rings. The van der Waals surface area contributed by atoms with Crippen molar-refractivity contribution in [1.82, 2.24) is 15.2 Å². The van der Waals surface area contributed by atoms with Gasteiger partial charge in [-0.1, -0.05) is 36.4 Å². The fourth-order valence-electron chi connectivity index (χ4n) is 3.11. The van der Waals surface area contributed by atoms with Crippen molar-refractivity contribution in [3.05, 3.63) is 71.6 Å². The standard InChI is InChI=1S/C20H21N3O4/c24-13-11-21-10-12-23-17(15-8-4-5-9-22-15)16(19(26)20(23)27)18(25)14-6-2-1-3-7-14/h1-9,17,21,24-25H,10-13H2/b18-16-. The highest BCUT2D eigenvalue weighted by Crippen LogP contribution is 2.38. The first-order chi connectivity index (χ1) is 13.1. The highest BCUT2D eigenvalue weighted by atomic mass is 16.3. The molecule has 7 nitrogen and oxygen atoms in total. The molecule has 1 aromatic carbocycles. The molecule has 0 saturated carbocycles. The number of carbonyl (C=O) groups excluding carboxylic acids is 2. The predicted octanol–water partition coefficient (Wildman–Crippen LogP) is 1.09. The summed E-state index contributed by atoms with van der Waals surface area (Å²) in [5.74, 6) is -1.61. The van der Waals surface area contributed by atoms with Gasteiger partial charge in [-0.2, -0.15) is 0 Å². The number of benzene rings is 1. The van der Waals surface area contributed by atoms with Crippen LogP contribution in [0, 0.1) is 0 Å². The Labute approximate surface area is 157 Å². The molecule has 1 saturated heterocycles. The molecule has 2 heterocycles. The molecule has 3 rings (SSSR count). The van der Waals surface area contributed by atoms with Crippen molar-refractivity contribution in [2.45, 2.75) is 6.04 Å². The molecule has 27 heavy (non-hydrogen) atoms. The molecule has 3 N–H and O–H groups in total. The van der Waals surface area contributed by atoms with Gasteiger partial charge in [0.2, 0.25) is 0 Å². The molecule has 1 amide bonds. The number of nitrogens with zero attached hydrogens (tertiary/aromatic N) is 2. The minimum atomic E-state index is -0.762. The fraction of sp³-hybridized carbons (Fsp3) is 0.250. The van der Waals surface area contributed by atoms with Crippen LogP contribution >= 0.6 is 0 Å². The summed E-state index contributed by atoms with van der Waals surface area (Å²) in [6.45, 7) is 1.03. The number of hydrogen-bond donors (Lipinski definition) is 3. The van der Waals surface area contributed by atoms with Crippen molar-refractivity contribution < 1.29 is 19.8 Å². The number of carbonyl (C=O) groups is 2. The Morgan fingerprint density at radius 3 is 2.48 bits per heavy atom. The average Bonchev–Trinajstić information content (AvgIpc) is 2.97. The van der Waals surface area contributed by atoms with Crippen LogP contribution in [-0.2, 0) is 9.59 Å². The number of pyridine rings is 1. The van der Waals surface area contributed by atoms with E-state index in [9.17, 15) is 14.7 Å². The van der Waals surface area contributed by atoms with Crippen LogP contribution < -0.4 is 5.32 Å². The Bertz CT molecular complexity index is 837. The minimum absolute atomic E-state index is 0.0174. The Balaban J connectivity index is 2.03. The Morgan fingerprint density at radius 2 is 1.81 bits per heavy atom. The molecule has 1 aromatic heterocycles. The van der Waals surface area contributed by atoms with Gasteiger partial charge in [0.1, 0.15) is 11.8 Å². The zero-order valence-corrected chi connectivity index (χ0v) is 14.7. The van der Waals surface area contributed by atoms with Crippen LogP contribution in [0.25, 0.3) is 5.76 Å². The second-order valence-electron chi connectivity index (χ2n) is 6.09. The van der Waals surface area contributed by atoms with Crippen LogP contribution in [-0.4, -0.2) is 58.0 Å². The lowest BCUT2D eigenvalue weighted by molar-refractivity contribution is -0.139. The van der Waals surface area contributed by atoms with E-state index in [2.05, 4.69) is 10.3 Å². The number of aromatic nitrogens is 1. The first-order valence-corrected chi connectivity index (χ1v) is 8.71. The highest BCUT2D eigenvalue weighted by molar-refractivity contribution is 6.46. The maximum absolute atomic E-state index is 12.7. The molecular formula is C20H21N3O4. The second kappa shape index (κ2) is 8.57. The summed E-state index contributed by atoms with van der Waals surface area (Å²) in [4.78, 5) is 31.0. The molecule has 0 bridgehead atoms. The SMILES string of the molecule is O=C1C(=O)N(CCNCCO)C(c2ccccn2)/C1=C(/O)c1ccccc1. The van der Waals surface area contributed by atoms with E-state index in [0.717, 1.165) is 0 Å². The number of aliphatic hydroxyl groups is 2. The summed E-state index contributed by atoms with van der Waals surface area (Å²) in [6.07, 6.45) is 1.59. The summed E-state index contributed by atoms with van der Waals surface area (Å²) in [6, 6.07) is 13.1. The van der Waals surface area contributed by atoms with Gasteiger partial charge in [0.15, 0.2) is 0 Å². The smallest absolute Gasteiger partial charge is 0.295 e. The fourth-order valence-corrected chi connectivity index (χ4v) is 3.11. The van der Waals surface area contributed by atoms with Crippen LogP contribution in [0.2, 0.25) is 0 Å². The first-order valence-electron chi connectivity index (χ1n) is 8.71. The second-order valence-corrected chi connectivity index (χ2v) is 6.09. The molecule has 0 spiro atoms. The molecule has 1 unspecified atom stereocenters. The molecule has 1 aliphatic rings. The topological polar surface area (TPSA) is 103 Å². The maximum Gasteiger partial charge on any atom is 0.295 e. The van der Waals surface area contributed by atoms with Gasteiger partial charge in [-0.15, -0.1) is 0 Å². The number of nitrogens with one attached hydrogen (secondary N) is 1. The molecule has 2 aromatic rings. The van der Waals surface area contributed by atoms with Crippen LogP contribution in [0.5, 0.6) is 0 Å². The van der Waals surface area contributed by atoms with Crippen molar-refractivity contribution in [1.29, 1.82) is 0 Å². The van der Waals surface area contributed by atoms with Crippen molar-refractivity contribution in [2.75, 3.05) is 26.2 Å². The summed E-state index contributed by atoms with van der Waals surface area (Å²) in [5, 5.41) is 22.6. The minimum Gasteiger partial charge on any atom is -0.507 e. The summed E-state index contributed by atoms with van der Waals surface area (Å²) >= 11 is 0. The van der Waals surface area contributed by atoms with Gasteiger partial charge >= 0.3 is 0 Å². The van der Waals surface area contributed by atoms with Gasteiger partial charge in [-0.05, 0) is 12.1 Å². The number of likely N-dealkylation sites (tertiary alicyclic amines) is 1. The molecular weight excluding hydrogens is 346 g/mol. The van der Waals surface area contributed by atoms with Gasteiger partial charge < -0.3 is 20.4 Å². The largest absolute Gasteiger partial charge is 0.507 e. The number of hydrogen-bond acceptors (Lipinski definition) is 6. The van der Waals surface area contributed by atoms with Gasteiger partial charge in [0, 0.05) is 31.4 Å². The third kappa shape index (κ3) is 3.89. The molecule has 0 aliphatic carbocycles. The molecule has 140 valence electrons. The van der Waals surface area contributed by atoms with Crippen LogP contribution in [0.1, 0.15) is 17.3 Å². The molecule has 1 aliphatic heterocycles. The number of amides is 1. The monoisotopic (exact) mass is 367 g/mol. The van der Waals surface area contributed by atoms with Gasteiger partial charge in [-0.3, -0.25) is 14.6 Å².